The Morgan fingerprint density at radius 2 is 1.77 bits per heavy atom. The summed E-state index contributed by atoms with van der Waals surface area (Å²) in [4.78, 5) is 33.8. The highest BCUT2D eigenvalue weighted by atomic mass is 16.5. The van der Waals surface area contributed by atoms with Gasteiger partial charge >= 0.3 is 18.0 Å². The number of aromatic nitrogens is 2. The second-order valence-electron chi connectivity index (χ2n) is 8.75. The third-order valence-corrected chi connectivity index (χ3v) is 6.60. The number of amides is 2. The predicted molar refractivity (Wildman–Crippen MR) is 113 cm³/mol. The van der Waals surface area contributed by atoms with Crippen molar-refractivity contribution in [1.82, 2.24) is 15.0 Å². The molecular formula is C22H27N5O4. The molecule has 3 fully saturated rings. The number of benzene rings is 1. The van der Waals surface area contributed by atoms with Crippen LogP contribution >= 0.6 is 0 Å². The van der Waals surface area contributed by atoms with E-state index in [0.29, 0.717) is 32.1 Å². The van der Waals surface area contributed by atoms with E-state index < -0.39 is 5.97 Å². The molecule has 0 atom stereocenters. The Kier molecular flexibility index (Phi) is 5.35. The Bertz CT molecular complexity index is 947. The molecule has 164 valence electrons. The Hall–Kier alpha value is -2.94. The van der Waals surface area contributed by atoms with E-state index >= 15 is 0 Å². The number of carbonyl (C=O) groups excluding carboxylic acids is 1. The zero-order valence-corrected chi connectivity index (χ0v) is 17.4. The third-order valence-electron chi connectivity index (χ3n) is 6.60. The first-order valence-corrected chi connectivity index (χ1v) is 11.1. The average molecular weight is 425 g/mol. The number of hydrogen-bond acceptors (Lipinski definition) is 6. The van der Waals surface area contributed by atoms with Crippen LogP contribution in [0.25, 0.3) is 0 Å². The number of aliphatic carboxylic acids is 1. The van der Waals surface area contributed by atoms with Gasteiger partial charge in [0.2, 0.25) is 0 Å². The molecule has 2 amide bonds. The summed E-state index contributed by atoms with van der Waals surface area (Å²) in [6, 6.07) is 7.99. The first-order valence-electron chi connectivity index (χ1n) is 11.1. The van der Waals surface area contributed by atoms with Crippen molar-refractivity contribution in [2.24, 2.45) is 5.92 Å². The lowest BCUT2D eigenvalue weighted by Gasteiger charge is -2.36. The van der Waals surface area contributed by atoms with Crippen LogP contribution in [-0.4, -0.2) is 58.3 Å². The topological polar surface area (TPSA) is 103 Å². The van der Waals surface area contributed by atoms with Crippen molar-refractivity contribution in [3.05, 3.63) is 35.7 Å². The summed E-state index contributed by atoms with van der Waals surface area (Å²) >= 11 is 0. The number of hydrogen-bond donors (Lipinski definition) is 1. The molecule has 1 aliphatic carbocycles. The molecule has 2 aliphatic heterocycles. The first kappa shape index (κ1) is 20.0. The van der Waals surface area contributed by atoms with E-state index in [1.807, 2.05) is 24.3 Å². The molecule has 1 aromatic carbocycles. The maximum absolute atomic E-state index is 13.0. The highest BCUT2D eigenvalue weighted by Gasteiger charge is 2.35. The number of carbonyl (C=O) groups is 2. The van der Waals surface area contributed by atoms with Crippen LogP contribution in [0.3, 0.4) is 0 Å². The van der Waals surface area contributed by atoms with E-state index in [9.17, 15) is 9.59 Å². The quantitative estimate of drug-likeness (QED) is 0.759. The fraction of sp³-hybridized carbons (Fsp3) is 0.545. The maximum Gasteiger partial charge on any atom is 0.332 e. The van der Waals surface area contributed by atoms with Crippen LogP contribution in [0.15, 0.2) is 28.8 Å². The van der Waals surface area contributed by atoms with Crippen molar-refractivity contribution < 1.29 is 19.2 Å². The van der Waals surface area contributed by atoms with Gasteiger partial charge < -0.3 is 9.63 Å². The summed E-state index contributed by atoms with van der Waals surface area (Å²) in [6.07, 6.45) is 5.82. The third kappa shape index (κ3) is 4.01. The van der Waals surface area contributed by atoms with Gasteiger partial charge in [-0.1, -0.05) is 36.6 Å². The number of urea groups is 1. The molecule has 0 unspecified atom stereocenters. The van der Waals surface area contributed by atoms with Gasteiger partial charge in [-0.25, -0.2) is 9.69 Å². The van der Waals surface area contributed by atoms with Gasteiger partial charge in [-0.05, 0) is 30.5 Å². The van der Waals surface area contributed by atoms with Crippen molar-refractivity contribution in [2.75, 3.05) is 36.0 Å². The van der Waals surface area contributed by atoms with Crippen LogP contribution in [0.2, 0.25) is 0 Å². The molecule has 2 aromatic rings. The van der Waals surface area contributed by atoms with Crippen LogP contribution in [0.4, 0.5) is 16.5 Å². The predicted octanol–water partition coefficient (Wildman–Crippen LogP) is 3.08. The summed E-state index contributed by atoms with van der Waals surface area (Å²) in [5.41, 5.74) is 1.93. The number of rotatable bonds is 6. The van der Waals surface area contributed by atoms with Crippen molar-refractivity contribution in [3.8, 4) is 0 Å². The maximum atomic E-state index is 13.0. The van der Waals surface area contributed by atoms with E-state index in [2.05, 4.69) is 15.0 Å². The van der Waals surface area contributed by atoms with Crippen molar-refractivity contribution >= 4 is 23.7 Å². The van der Waals surface area contributed by atoms with E-state index in [1.54, 1.807) is 9.80 Å². The second kappa shape index (κ2) is 8.30. The van der Waals surface area contributed by atoms with E-state index in [1.165, 1.54) is 19.3 Å². The molecule has 31 heavy (non-hydrogen) atoms. The average Bonchev–Trinajstić information content (AvgIpc) is 3.38. The molecule has 3 aliphatic rings. The number of anilines is 2. The van der Waals surface area contributed by atoms with Crippen LogP contribution in [0, 0.1) is 5.92 Å². The lowest BCUT2D eigenvalue weighted by Crippen LogP contribution is -2.49. The minimum absolute atomic E-state index is 0.154. The van der Waals surface area contributed by atoms with Gasteiger partial charge in [-0.3, -0.25) is 14.6 Å². The number of likely N-dealkylation sites (tertiary alicyclic amines) is 1. The smallest absolute Gasteiger partial charge is 0.332 e. The molecule has 9 nitrogen and oxygen atoms in total. The largest absolute Gasteiger partial charge is 0.481 e. The van der Waals surface area contributed by atoms with Gasteiger partial charge in [0.05, 0.1) is 12.5 Å². The van der Waals surface area contributed by atoms with Crippen LogP contribution < -0.4 is 9.80 Å². The molecule has 0 radical (unpaired) electrons. The summed E-state index contributed by atoms with van der Waals surface area (Å²) in [7, 11) is 0. The summed E-state index contributed by atoms with van der Waals surface area (Å²) < 4.78 is 5.43. The van der Waals surface area contributed by atoms with E-state index in [4.69, 9.17) is 9.63 Å². The minimum Gasteiger partial charge on any atom is -0.481 e. The van der Waals surface area contributed by atoms with Crippen molar-refractivity contribution in [3.63, 3.8) is 0 Å². The normalized spacial score (nSPS) is 21.0. The van der Waals surface area contributed by atoms with E-state index in [-0.39, 0.29) is 18.0 Å². The summed E-state index contributed by atoms with van der Waals surface area (Å²) in [6.45, 7) is 2.96. The van der Waals surface area contributed by atoms with Crippen molar-refractivity contribution in [1.29, 1.82) is 0 Å². The lowest BCUT2D eigenvalue weighted by atomic mass is 9.89. The number of carboxylic acids is 1. The highest BCUT2D eigenvalue weighted by molar-refractivity contribution is 6.04. The summed E-state index contributed by atoms with van der Waals surface area (Å²) in [5.74, 6) is 0.0813. The Labute approximate surface area is 180 Å². The fourth-order valence-corrected chi connectivity index (χ4v) is 4.71. The van der Waals surface area contributed by atoms with Crippen molar-refractivity contribution in [2.45, 2.75) is 44.6 Å². The number of carboxylic acid groups (broad SMARTS) is 1. The molecule has 1 aromatic heterocycles. The molecule has 5 rings (SSSR count). The molecule has 9 heteroatoms. The highest BCUT2D eigenvalue weighted by Crippen LogP contribution is 2.32. The van der Waals surface area contributed by atoms with Gasteiger partial charge in [0.15, 0.2) is 5.82 Å². The van der Waals surface area contributed by atoms with Crippen LogP contribution in [0.5, 0.6) is 0 Å². The van der Waals surface area contributed by atoms with Gasteiger partial charge in [0.25, 0.3) is 0 Å². The molecule has 0 spiro atoms. The fourth-order valence-electron chi connectivity index (χ4n) is 4.71. The SMILES string of the molecule is O=C(O)C1CN(Cc2ccc(N3CCN(c4nc(C5CCCCC5)no4)C3=O)cc2)C1. The zero-order valence-electron chi connectivity index (χ0n) is 17.4. The number of nitrogens with zero attached hydrogens (tertiary/aromatic N) is 5. The molecular weight excluding hydrogens is 398 g/mol. The molecule has 1 N–H and O–H groups in total. The van der Waals surface area contributed by atoms with Crippen LogP contribution in [-0.2, 0) is 11.3 Å². The second-order valence-corrected chi connectivity index (χ2v) is 8.75. The summed E-state index contributed by atoms with van der Waals surface area (Å²) in [5, 5.41) is 13.1. The Morgan fingerprint density at radius 1 is 1.06 bits per heavy atom. The van der Waals surface area contributed by atoms with Gasteiger partial charge in [-0.15, -0.1) is 0 Å². The van der Waals surface area contributed by atoms with Gasteiger partial charge in [0, 0.05) is 37.8 Å². The Balaban J connectivity index is 1.20. The van der Waals surface area contributed by atoms with Gasteiger partial charge in [0.1, 0.15) is 0 Å². The van der Waals surface area contributed by atoms with E-state index in [0.717, 1.165) is 36.5 Å². The molecule has 2 saturated heterocycles. The molecule has 0 bridgehead atoms. The van der Waals surface area contributed by atoms with Crippen LogP contribution in [0.1, 0.15) is 49.4 Å². The first-order chi connectivity index (χ1) is 15.1. The Morgan fingerprint density at radius 3 is 2.48 bits per heavy atom. The standard InChI is InChI=1S/C22H27N5O4/c28-20(29)17-13-25(14-17)12-15-6-8-18(9-7-15)26-10-11-27(22(26)30)21-23-19(24-31-21)16-4-2-1-3-5-16/h6-9,16-17H,1-5,10-14H2,(H,28,29). The molecule has 3 heterocycles. The zero-order chi connectivity index (χ0) is 21.4. The molecule has 1 saturated carbocycles. The lowest BCUT2D eigenvalue weighted by molar-refractivity contribution is -0.147. The monoisotopic (exact) mass is 425 g/mol. The van der Waals surface area contributed by atoms with Gasteiger partial charge in [-0.2, -0.15) is 4.98 Å². The minimum atomic E-state index is -0.726.